The third kappa shape index (κ3) is 2.27. The summed E-state index contributed by atoms with van der Waals surface area (Å²) in [6.07, 6.45) is 0. The molecule has 4 nitrogen and oxygen atoms in total. The Labute approximate surface area is 106 Å². The molecule has 0 bridgehead atoms. The highest BCUT2D eigenvalue weighted by Gasteiger charge is 2.23. The molecule has 6 heteroatoms. The number of amides is 2. The van der Waals surface area contributed by atoms with Crippen LogP contribution in [0.1, 0.15) is 15.2 Å². The fraction of sp³-hybridized carbons (Fsp3) is 0.400. The Balaban J connectivity index is 2.15. The Morgan fingerprint density at radius 2 is 2.38 bits per heavy atom. The van der Waals surface area contributed by atoms with E-state index in [0.717, 1.165) is 9.35 Å². The molecule has 0 spiro atoms. The largest absolute Gasteiger partial charge is 0.353 e. The van der Waals surface area contributed by atoms with Crippen LogP contribution < -0.4 is 5.32 Å². The van der Waals surface area contributed by atoms with Gasteiger partial charge in [0.1, 0.15) is 0 Å². The number of thiophene rings is 1. The molecule has 0 unspecified atom stereocenters. The molecule has 0 atom stereocenters. The summed E-state index contributed by atoms with van der Waals surface area (Å²) >= 11 is 4.80. The van der Waals surface area contributed by atoms with Crippen LogP contribution in [0.25, 0.3) is 0 Å². The van der Waals surface area contributed by atoms with Crippen LogP contribution in [0.15, 0.2) is 9.85 Å². The summed E-state index contributed by atoms with van der Waals surface area (Å²) in [6.45, 7) is 3.23. The van der Waals surface area contributed by atoms with Crippen LogP contribution in [-0.4, -0.2) is 36.3 Å². The van der Waals surface area contributed by atoms with E-state index in [9.17, 15) is 9.59 Å². The Morgan fingerprint density at radius 1 is 1.62 bits per heavy atom. The maximum Gasteiger partial charge on any atom is 0.264 e. The number of hydrogen-bond donors (Lipinski definition) is 1. The number of rotatable bonds is 1. The van der Waals surface area contributed by atoms with Gasteiger partial charge in [-0.05, 0) is 34.5 Å². The van der Waals surface area contributed by atoms with Gasteiger partial charge in [0, 0.05) is 13.1 Å². The van der Waals surface area contributed by atoms with Crippen LogP contribution in [0.5, 0.6) is 0 Å². The van der Waals surface area contributed by atoms with Crippen molar-refractivity contribution in [3.05, 3.63) is 20.3 Å². The molecule has 2 heterocycles. The highest BCUT2D eigenvalue weighted by atomic mass is 79.9. The van der Waals surface area contributed by atoms with Crippen molar-refractivity contribution < 1.29 is 9.59 Å². The van der Waals surface area contributed by atoms with E-state index in [0.29, 0.717) is 18.0 Å². The van der Waals surface area contributed by atoms with Crippen LogP contribution >= 0.6 is 27.3 Å². The third-order valence-electron chi connectivity index (χ3n) is 2.39. The van der Waals surface area contributed by atoms with Crippen molar-refractivity contribution in [3.63, 3.8) is 0 Å². The Hall–Kier alpha value is -0.880. The number of nitrogens with zero attached hydrogens (tertiary/aromatic N) is 1. The first-order chi connectivity index (χ1) is 7.58. The molecular weight excluding hydrogens is 292 g/mol. The van der Waals surface area contributed by atoms with Crippen LogP contribution in [-0.2, 0) is 4.79 Å². The van der Waals surface area contributed by atoms with Gasteiger partial charge in [0.05, 0.1) is 15.2 Å². The molecule has 1 aromatic heterocycles. The first kappa shape index (κ1) is 11.6. The van der Waals surface area contributed by atoms with Gasteiger partial charge in [0.15, 0.2) is 0 Å². The van der Waals surface area contributed by atoms with E-state index in [4.69, 9.17) is 0 Å². The topological polar surface area (TPSA) is 49.4 Å². The van der Waals surface area contributed by atoms with Gasteiger partial charge in [0.25, 0.3) is 5.91 Å². The molecule has 16 heavy (non-hydrogen) atoms. The minimum Gasteiger partial charge on any atom is -0.353 e. The zero-order valence-electron chi connectivity index (χ0n) is 8.75. The molecule has 1 aliphatic heterocycles. The second-order valence-corrected chi connectivity index (χ2v) is 6.01. The number of aryl methyl sites for hydroxylation is 1. The van der Waals surface area contributed by atoms with Gasteiger partial charge in [-0.1, -0.05) is 0 Å². The SMILES string of the molecule is Cc1cc(C(=O)N2CCNC(=O)C2)sc1Br. The second kappa shape index (κ2) is 4.55. The molecule has 0 radical (unpaired) electrons. The van der Waals surface area contributed by atoms with E-state index >= 15 is 0 Å². The van der Waals surface area contributed by atoms with Crippen molar-refractivity contribution in [2.45, 2.75) is 6.92 Å². The molecule has 86 valence electrons. The van der Waals surface area contributed by atoms with Gasteiger partial charge >= 0.3 is 0 Å². The molecule has 0 aliphatic carbocycles. The van der Waals surface area contributed by atoms with E-state index in [1.54, 1.807) is 4.90 Å². The van der Waals surface area contributed by atoms with E-state index in [2.05, 4.69) is 21.2 Å². The maximum atomic E-state index is 12.0. The van der Waals surface area contributed by atoms with Gasteiger partial charge in [-0.2, -0.15) is 0 Å². The molecule has 1 fully saturated rings. The highest BCUT2D eigenvalue weighted by Crippen LogP contribution is 2.28. The lowest BCUT2D eigenvalue weighted by atomic mass is 10.3. The van der Waals surface area contributed by atoms with Crippen LogP contribution in [0.3, 0.4) is 0 Å². The lowest BCUT2D eigenvalue weighted by Crippen LogP contribution is -2.49. The smallest absolute Gasteiger partial charge is 0.264 e. The normalized spacial score (nSPS) is 16.1. The molecule has 1 aliphatic rings. The number of halogens is 1. The van der Waals surface area contributed by atoms with Crippen molar-refractivity contribution in [1.82, 2.24) is 10.2 Å². The molecule has 2 amide bonds. The van der Waals surface area contributed by atoms with Crippen LogP contribution in [0.4, 0.5) is 0 Å². The standard InChI is InChI=1S/C10H11BrN2O2S/c1-6-4-7(16-9(6)11)10(15)13-3-2-12-8(14)5-13/h4H,2-3,5H2,1H3,(H,12,14). The average Bonchev–Trinajstić information content (AvgIpc) is 2.58. The predicted molar refractivity (Wildman–Crippen MR) is 65.7 cm³/mol. The Bertz CT molecular complexity index is 425. The molecule has 1 N–H and O–H groups in total. The van der Waals surface area contributed by atoms with Crippen molar-refractivity contribution in [2.24, 2.45) is 0 Å². The molecule has 1 saturated heterocycles. The summed E-state index contributed by atoms with van der Waals surface area (Å²) in [5.41, 5.74) is 1.05. The van der Waals surface area contributed by atoms with Gasteiger partial charge < -0.3 is 10.2 Å². The van der Waals surface area contributed by atoms with Crippen molar-refractivity contribution in [3.8, 4) is 0 Å². The highest BCUT2D eigenvalue weighted by molar-refractivity contribution is 9.11. The second-order valence-electron chi connectivity index (χ2n) is 3.64. The third-order valence-corrected chi connectivity index (χ3v) is 4.52. The predicted octanol–water partition coefficient (Wildman–Crippen LogP) is 1.39. The minimum absolute atomic E-state index is 0.0614. The molecule has 2 rings (SSSR count). The molecule has 0 aromatic carbocycles. The van der Waals surface area contributed by atoms with E-state index in [-0.39, 0.29) is 18.4 Å². The monoisotopic (exact) mass is 302 g/mol. The molecular formula is C10H11BrN2O2S. The quantitative estimate of drug-likeness (QED) is 0.852. The number of hydrogen-bond acceptors (Lipinski definition) is 3. The summed E-state index contributed by atoms with van der Waals surface area (Å²) in [4.78, 5) is 25.5. The first-order valence-corrected chi connectivity index (χ1v) is 6.51. The van der Waals surface area contributed by atoms with E-state index in [1.165, 1.54) is 11.3 Å². The van der Waals surface area contributed by atoms with Crippen LogP contribution in [0.2, 0.25) is 0 Å². The zero-order valence-corrected chi connectivity index (χ0v) is 11.2. The number of carbonyl (C=O) groups is 2. The van der Waals surface area contributed by atoms with Gasteiger partial charge in [0.2, 0.25) is 5.91 Å². The lowest BCUT2D eigenvalue weighted by molar-refractivity contribution is -0.123. The summed E-state index contributed by atoms with van der Waals surface area (Å²) in [7, 11) is 0. The summed E-state index contributed by atoms with van der Waals surface area (Å²) in [5, 5.41) is 2.70. The van der Waals surface area contributed by atoms with Gasteiger partial charge in [-0.25, -0.2) is 0 Å². The lowest BCUT2D eigenvalue weighted by Gasteiger charge is -2.26. The van der Waals surface area contributed by atoms with Gasteiger partial charge in [-0.3, -0.25) is 9.59 Å². The summed E-state index contributed by atoms with van der Waals surface area (Å²) in [6, 6.07) is 1.85. The van der Waals surface area contributed by atoms with Crippen LogP contribution in [0, 0.1) is 6.92 Å². The van der Waals surface area contributed by atoms with E-state index in [1.807, 2.05) is 13.0 Å². The Kier molecular flexibility index (Phi) is 3.30. The van der Waals surface area contributed by atoms with Crippen molar-refractivity contribution in [1.29, 1.82) is 0 Å². The maximum absolute atomic E-state index is 12.0. The first-order valence-electron chi connectivity index (χ1n) is 4.90. The average molecular weight is 303 g/mol. The summed E-state index contributed by atoms with van der Waals surface area (Å²) in [5.74, 6) is -0.152. The number of carbonyl (C=O) groups excluding carboxylic acids is 2. The number of piperazine rings is 1. The summed E-state index contributed by atoms with van der Waals surface area (Å²) < 4.78 is 0.970. The van der Waals surface area contributed by atoms with Gasteiger partial charge in [-0.15, -0.1) is 11.3 Å². The number of nitrogens with one attached hydrogen (secondary N) is 1. The minimum atomic E-state index is -0.0908. The van der Waals surface area contributed by atoms with E-state index < -0.39 is 0 Å². The molecule has 0 saturated carbocycles. The van der Waals surface area contributed by atoms with Crippen molar-refractivity contribution in [2.75, 3.05) is 19.6 Å². The Morgan fingerprint density at radius 3 is 2.94 bits per heavy atom. The molecule has 1 aromatic rings. The fourth-order valence-corrected chi connectivity index (χ4v) is 3.04. The zero-order chi connectivity index (χ0) is 11.7. The van der Waals surface area contributed by atoms with Crippen molar-refractivity contribution >= 4 is 39.1 Å². The fourth-order valence-electron chi connectivity index (χ4n) is 1.53.